The molecule has 0 spiro atoms. The highest BCUT2D eigenvalue weighted by Gasteiger charge is 2.53. The number of benzene rings is 1. The van der Waals surface area contributed by atoms with E-state index in [9.17, 15) is 9.59 Å². The number of aromatic nitrogens is 3. The minimum absolute atomic E-state index is 0.0347. The molecular formula is C25H30N4O2. The quantitative estimate of drug-likeness (QED) is 0.704. The number of carbonyl (C=O) groups is 1. The second-order valence-corrected chi connectivity index (χ2v) is 10.5. The molecule has 1 unspecified atom stereocenters. The summed E-state index contributed by atoms with van der Waals surface area (Å²) in [4.78, 5) is 26.1. The van der Waals surface area contributed by atoms with Crippen molar-refractivity contribution in [3.8, 4) is 0 Å². The molecule has 6 heteroatoms. The molecule has 31 heavy (non-hydrogen) atoms. The molecule has 4 aliphatic carbocycles. The van der Waals surface area contributed by atoms with E-state index in [0.717, 1.165) is 34.0 Å². The van der Waals surface area contributed by atoms with Crippen LogP contribution < -0.4 is 10.9 Å². The van der Waals surface area contributed by atoms with Crippen molar-refractivity contribution in [2.75, 3.05) is 0 Å². The van der Waals surface area contributed by atoms with E-state index in [1.807, 2.05) is 35.9 Å². The molecule has 4 fully saturated rings. The van der Waals surface area contributed by atoms with E-state index in [1.54, 1.807) is 6.20 Å². The van der Waals surface area contributed by atoms with Crippen LogP contribution in [0.15, 0.2) is 35.3 Å². The van der Waals surface area contributed by atoms with Crippen LogP contribution in [0.2, 0.25) is 0 Å². The topological polar surface area (TPSA) is 68.9 Å². The van der Waals surface area contributed by atoms with Crippen LogP contribution in [0.25, 0.3) is 21.8 Å². The lowest BCUT2D eigenvalue weighted by Gasteiger charge is -2.59. The molecule has 162 valence electrons. The zero-order valence-corrected chi connectivity index (χ0v) is 18.3. The molecule has 1 aromatic carbocycles. The highest BCUT2D eigenvalue weighted by atomic mass is 16.2. The van der Waals surface area contributed by atoms with Gasteiger partial charge in [0, 0.05) is 29.4 Å². The van der Waals surface area contributed by atoms with E-state index in [2.05, 4.69) is 17.3 Å². The summed E-state index contributed by atoms with van der Waals surface area (Å²) in [5.41, 5.74) is 1.63. The summed E-state index contributed by atoms with van der Waals surface area (Å²) in [6.45, 7) is 2.14. The smallest absolute Gasteiger partial charge is 0.291 e. The molecule has 2 aromatic heterocycles. The number of nitrogens with zero attached hydrogens (tertiary/aromatic N) is 3. The second kappa shape index (κ2) is 6.68. The molecule has 2 heterocycles. The molecule has 1 N–H and O–H groups in total. The van der Waals surface area contributed by atoms with Crippen molar-refractivity contribution in [2.24, 2.45) is 30.2 Å². The van der Waals surface area contributed by atoms with Crippen molar-refractivity contribution in [1.82, 2.24) is 19.7 Å². The summed E-state index contributed by atoms with van der Waals surface area (Å²) in [5, 5.41) is 9.44. The molecule has 1 amide bonds. The third-order valence-electron chi connectivity index (χ3n) is 8.58. The molecule has 0 radical (unpaired) electrons. The van der Waals surface area contributed by atoms with E-state index >= 15 is 0 Å². The minimum Gasteiger partial charge on any atom is -0.351 e. The maximum absolute atomic E-state index is 13.2. The van der Waals surface area contributed by atoms with Gasteiger partial charge in [0.2, 0.25) is 5.91 Å². The van der Waals surface area contributed by atoms with Crippen LogP contribution in [0, 0.1) is 23.2 Å². The summed E-state index contributed by atoms with van der Waals surface area (Å²) in [7, 11) is 1.89. The highest BCUT2D eigenvalue weighted by molar-refractivity contribution is 6.07. The van der Waals surface area contributed by atoms with Crippen LogP contribution in [-0.4, -0.2) is 26.3 Å². The van der Waals surface area contributed by atoms with Crippen molar-refractivity contribution < 1.29 is 4.79 Å². The Labute approximate surface area is 181 Å². The molecule has 6 nitrogen and oxygen atoms in total. The number of carbonyl (C=O) groups excluding carboxylic acids is 1. The zero-order chi connectivity index (χ0) is 21.3. The Morgan fingerprint density at radius 3 is 2.45 bits per heavy atom. The van der Waals surface area contributed by atoms with Gasteiger partial charge in [0.1, 0.15) is 12.1 Å². The molecule has 4 saturated carbocycles. The molecule has 7 rings (SSSR count). The largest absolute Gasteiger partial charge is 0.351 e. The Balaban J connectivity index is 1.25. The van der Waals surface area contributed by atoms with Gasteiger partial charge < -0.3 is 9.88 Å². The fraction of sp³-hybridized carbons (Fsp3) is 0.560. The molecule has 1 atom stereocenters. The Bertz CT molecular complexity index is 1220. The van der Waals surface area contributed by atoms with Gasteiger partial charge in [-0.25, -0.2) is 4.68 Å². The lowest BCUT2D eigenvalue weighted by atomic mass is 9.48. The number of aryl methyl sites for hydroxylation is 1. The maximum atomic E-state index is 13.2. The Morgan fingerprint density at radius 1 is 1.13 bits per heavy atom. The predicted octanol–water partition coefficient (Wildman–Crippen LogP) is 3.61. The van der Waals surface area contributed by atoms with Crippen molar-refractivity contribution in [3.05, 3.63) is 40.8 Å². The monoisotopic (exact) mass is 418 g/mol. The Hall–Kier alpha value is -2.63. The van der Waals surface area contributed by atoms with Gasteiger partial charge >= 0.3 is 0 Å². The van der Waals surface area contributed by atoms with E-state index in [1.165, 1.54) is 43.2 Å². The van der Waals surface area contributed by atoms with Gasteiger partial charge in [0.15, 0.2) is 0 Å². The van der Waals surface area contributed by atoms with E-state index in [-0.39, 0.29) is 29.5 Å². The molecule has 4 aliphatic rings. The number of amides is 1. The molecule has 0 aliphatic heterocycles. The summed E-state index contributed by atoms with van der Waals surface area (Å²) >= 11 is 0. The lowest BCUT2D eigenvalue weighted by Crippen LogP contribution is -2.56. The van der Waals surface area contributed by atoms with Crippen LogP contribution >= 0.6 is 0 Å². The fourth-order valence-corrected chi connectivity index (χ4v) is 7.51. The lowest BCUT2D eigenvalue weighted by molar-refractivity contribution is -0.126. The molecule has 4 bridgehead atoms. The van der Waals surface area contributed by atoms with E-state index in [4.69, 9.17) is 0 Å². The fourth-order valence-electron chi connectivity index (χ4n) is 7.51. The van der Waals surface area contributed by atoms with Gasteiger partial charge in [-0.2, -0.15) is 5.10 Å². The summed E-state index contributed by atoms with van der Waals surface area (Å²) in [6.07, 6.45) is 9.65. The van der Waals surface area contributed by atoms with Gasteiger partial charge in [-0.05, 0) is 74.7 Å². The third kappa shape index (κ3) is 2.87. The summed E-state index contributed by atoms with van der Waals surface area (Å²) in [6, 6.07) is 8.08. The Morgan fingerprint density at radius 2 is 1.77 bits per heavy atom. The van der Waals surface area contributed by atoms with Gasteiger partial charge in [0.05, 0.1) is 6.20 Å². The Kier molecular flexibility index (Phi) is 4.11. The number of nitrogens with one attached hydrogen (secondary N) is 1. The number of hydrogen-bond donors (Lipinski definition) is 1. The first kappa shape index (κ1) is 19.1. The van der Waals surface area contributed by atoms with Gasteiger partial charge in [-0.15, -0.1) is 0 Å². The second-order valence-electron chi connectivity index (χ2n) is 10.5. The summed E-state index contributed by atoms with van der Waals surface area (Å²) < 4.78 is 3.21. The molecular weight excluding hydrogens is 388 g/mol. The normalized spacial score (nSPS) is 30.2. The number of para-hydroxylation sites is 1. The first-order valence-corrected chi connectivity index (χ1v) is 11.7. The summed E-state index contributed by atoms with van der Waals surface area (Å²) in [5.74, 6) is 2.44. The zero-order valence-electron chi connectivity index (χ0n) is 18.3. The average molecular weight is 419 g/mol. The van der Waals surface area contributed by atoms with Crippen LogP contribution in [0.4, 0.5) is 0 Å². The highest BCUT2D eigenvalue weighted by Crippen LogP contribution is 2.61. The minimum atomic E-state index is -0.214. The SMILES string of the molecule is CC(NC(=O)Cn1ncc2c3ccccc3n(C)c2c1=O)C12CC3CC(CC(C3)C1)C2. The van der Waals surface area contributed by atoms with Gasteiger partial charge in [-0.3, -0.25) is 9.59 Å². The maximum Gasteiger partial charge on any atom is 0.291 e. The van der Waals surface area contributed by atoms with Gasteiger partial charge in [-0.1, -0.05) is 18.2 Å². The van der Waals surface area contributed by atoms with Crippen molar-refractivity contribution >= 4 is 27.7 Å². The molecule has 0 saturated heterocycles. The van der Waals surface area contributed by atoms with Crippen LogP contribution in [-0.2, 0) is 18.4 Å². The first-order chi connectivity index (χ1) is 14.9. The third-order valence-corrected chi connectivity index (χ3v) is 8.58. The predicted molar refractivity (Wildman–Crippen MR) is 121 cm³/mol. The standard InChI is InChI=1S/C25H30N4O2/c1-15(25-10-16-7-17(11-25)9-18(8-16)12-25)27-22(30)14-29-24(31)23-20(13-26-29)19-5-3-4-6-21(19)28(23)2/h3-6,13,15-18H,7-12,14H2,1-2H3,(H,27,30). The van der Waals surface area contributed by atoms with Gasteiger partial charge in [0.25, 0.3) is 5.56 Å². The number of rotatable bonds is 4. The van der Waals surface area contributed by atoms with E-state index < -0.39 is 0 Å². The van der Waals surface area contributed by atoms with E-state index in [0.29, 0.717) is 5.52 Å². The number of hydrogen-bond acceptors (Lipinski definition) is 3. The van der Waals surface area contributed by atoms with Crippen molar-refractivity contribution in [3.63, 3.8) is 0 Å². The van der Waals surface area contributed by atoms with Crippen molar-refractivity contribution in [1.29, 1.82) is 0 Å². The van der Waals surface area contributed by atoms with Crippen LogP contribution in [0.3, 0.4) is 0 Å². The molecule has 3 aromatic rings. The number of fused-ring (bicyclic) bond motifs is 3. The average Bonchev–Trinajstić information content (AvgIpc) is 3.02. The van der Waals surface area contributed by atoms with Crippen molar-refractivity contribution in [2.45, 2.75) is 58.0 Å². The first-order valence-electron chi connectivity index (χ1n) is 11.7. The van der Waals surface area contributed by atoms with Crippen LogP contribution in [0.1, 0.15) is 45.4 Å². The van der Waals surface area contributed by atoms with Crippen LogP contribution in [0.5, 0.6) is 0 Å².